The van der Waals surface area contributed by atoms with Gasteiger partial charge >= 0.3 is 0 Å². The molecule has 0 aliphatic carbocycles. The van der Waals surface area contributed by atoms with E-state index in [1.807, 2.05) is 0 Å². The Morgan fingerprint density at radius 1 is 1.33 bits per heavy atom. The molecule has 0 aromatic carbocycles. The first-order valence-corrected chi connectivity index (χ1v) is 4.83. The molecule has 0 atom stereocenters. The quantitative estimate of drug-likeness (QED) is 0.549. The Kier molecular flexibility index (Phi) is 2.58. The van der Waals surface area contributed by atoms with Gasteiger partial charge in [0, 0.05) is 0 Å². The van der Waals surface area contributed by atoms with Crippen LogP contribution in [0.3, 0.4) is 0 Å². The van der Waals surface area contributed by atoms with Crippen molar-refractivity contribution < 1.29 is 9.59 Å². The van der Waals surface area contributed by atoms with E-state index in [0.29, 0.717) is 0 Å². The molecule has 15 heavy (non-hydrogen) atoms. The Labute approximate surface area is 95.0 Å². The number of anilines is 1. The molecule has 0 N–H and O–H groups in total. The summed E-state index contributed by atoms with van der Waals surface area (Å²) in [6, 6.07) is 0. The van der Waals surface area contributed by atoms with Gasteiger partial charge in [0.25, 0.3) is 0 Å². The van der Waals surface area contributed by atoms with Gasteiger partial charge in [-0.1, -0.05) is 11.6 Å². The predicted octanol–water partition coefficient (Wildman–Crippen LogP) is 1.09. The van der Waals surface area contributed by atoms with Crippen LogP contribution in [0.1, 0.15) is 6.42 Å². The van der Waals surface area contributed by atoms with Crippen LogP contribution >= 0.6 is 23.2 Å². The van der Waals surface area contributed by atoms with E-state index in [2.05, 4.69) is 9.97 Å². The minimum atomic E-state index is -0.323. The monoisotopic (exact) mass is 245 g/mol. The Morgan fingerprint density at radius 3 is 2.67 bits per heavy atom. The molecule has 0 bridgehead atoms. The van der Waals surface area contributed by atoms with Gasteiger partial charge in [-0.3, -0.25) is 14.5 Å². The molecular formula is C8H5Cl2N3O2. The summed E-state index contributed by atoms with van der Waals surface area (Å²) in [7, 11) is 0. The number of nitrogens with zero attached hydrogens (tertiary/aromatic N) is 3. The number of rotatable bonds is 1. The molecule has 7 heteroatoms. The number of hydrogen-bond donors (Lipinski definition) is 0. The third-order valence-corrected chi connectivity index (χ3v) is 2.38. The molecule has 0 unspecified atom stereocenters. The third-order valence-electron chi connectivity index (χ3n) is 1.94. The van der Waals surface area contributed by atoms with E-state index in [0.717, 1.165) is 0 Å². The number of halogens is 2. The molecule has 2 heterocycles. The largest absolute Gasteiger partial charge is 0.297 e. The summed E-state index contributed by atoms with van der Waals surface area (Å²) in [5.41, 5.74) is 0. The maximum absolute atomic E-state index is 11.4. The van der Waals surface area contributed by atoms with Gasteiger partial charge < -0.3 is 0 Å². The first-order valence-electron chi connectivity index (χ1n) is 4.08. The fourth-order valence-electron chi connectivity index (χ4n) is 1.30. The second-order valence-corrected chi connectivity index (χ2v) is 3.75. The van der Waals surface area contributed by atoms with Crippen molar-refractivity contribution in [2.24, 2.45) is 0 Å². The highest BCUT2D eigenvalue weighted by molar-refractivity contribution is 6.34. The van der Waals surface area contributed by atoms with Gasteiger partial charge in [-0.15, -0.1) is 0 Å². The molecular weight excluding hydrogens is 241 g/mol. The van der Waals surface area contributed by atoms with E-state index < -0.39 is 0 Å². The number of amides is 1. The molecule has 5 nitrogen and oxygen atoms in total. The Morgan fingerprint density at radius 2 is 2.07 bits per heavy atom. The molecule has 1 saturated heterocycles. The molecule has 1 aromatic heterocycles. The van der Waals surface area contributed by atoms with E-state index in [4.69, 9.17) is 23.2 Å². The number of aromatic nitrogens is 2. The fourth-order valence-corrected chi connectivity index (χ4v) is 1.63. The maximum atomic E-state index is 11.4. The van der Waals surface area contributed by atoms with Gasteiger partial charge in [0.1, 0.15) is 5.02 Å². The van der Waals surface area contributed by atoms with E-state index in [1.54, 1.807) is 0 Å². The lowest BCUT2D eigenvalue weighted by atomic mass is 10.3. The Balaban J connectivity index is 2.41. The van der Waals surface area contributed by atoms with E-state index in [1.165, 1.54) is 11.1 Å². The topological polar surface area (TPSA) is 63.2 Å². The van der Waals surface area contributed by atoms with Crippen LogP contribution in [0.4, 0.5) is 5.82 Å². The summed E-state index contributed by atoms with van der Waals surface area (Å²) in [5, 5.41) is 0.184. The zero-order chi connectivity index (χ0) is 11.0. The minimum absolute atomic E-state index is 0.00804. The second-order valence-electron chi connectivity index (χ2n) is 3.01. The first-order chi connectivity index (χ1) is 7.08. The molecule has 0 spiro atoms. The van der Waals surface area contributed by atoms with Crippen molar-refractivity contribution in [3.63, 3.8) is 0 Å². The van der Waals surface area contributed by atoms with E-state index in [9.17, 15) is 9.59 Å². The first kappa shape index (κ1) is 10.3. The molecule has 1 aromatic rings. The summed E-state index contributed by atoms with van der Waals surface area (Å²) in [5.74, 6) is -0.296. The fraction of sp³-hybridized carbons (Fsp3) is 0.250. The number of Topliss-reactive ketones (excluding diaryl/α,β-unsaturated/α-hetero) is 1. The van der Waals surface area contributed by atoms with Gasteiger partial charge in [0.05, 0.1) is 19.2 Å². The predicted molar refractivity (Wildman–Crippen MR) is 54.0 cm³/mol. The average molecular weight is 246 g/mol. The summed E-state index contributed by atoms with van der Waals surface area (Å²) in [4.78, 5) is 31.1. The normalized spacial score (nSPS) is 16.3. The Bertz CT molecular complexity index is 450. The highest BCUT2D eigenvalue weighted by Gasteiger charge is 2.31. The van der Waals surface area contributed by atoms with Crippen LogP contribution in [-0.4, -0.2) is 28.2 Å². The van der Waals surface area contributed by atoms with Crippen molar-refractivity contribution >= 4 is 40.7 Å². The van der Waals surface area contributed by atoms with Crippen molar-refractivity contribution in [2.75, 3.05) is 11.4 Å². The maximum Gasteiger partial charge on any atom is 0.236 e. The number of carbonyl (C=O) groups is 2. The number of ketones is 1. The standard InChI is InChI=1S/C8H5Cl2N3O2/c9-5-2-11-8(10)12-7(5)13-3-4(14)1-6(13)15/h2H,1,3H2. The van der Waals surface area contributed by atoms with Gasteiger partial charge in [-0.25, -0.2) is 4.98 Å². The van der Waals surface area contributed by atoms with Crippen LogP contribution in [-0.2, 0) is 9.59 Å². The van der Waals surface area contributed by atoms with Crippen molar-refractivity contribution in [1.29, 1.82) is 0 Å². The number of hydrogen-bond acceptors (Lipinski definition) is 4. The molecule has 1 fully saturated rings. The van der Waals surface area contributed by atoms with Crippen molar-refractivity contribution in [3.05, 3.63) is 16.5 Å². The molecule has 1 aliphatic heterocycles. The zero-order valence-corrected chi connectivity index (χ0v) is 8.92. The molecule has 1 amide bonds. The van der Waals surface area contributed by atoms with Crippen LogP contribution in [0.5, 0.6) is 0 Å². The summed E-state index contributed by atoms with van der Waals surface area (Å²) >= 11 is 11.4. The number of carbonyl (C=O) groups excluding carboxylic acids is 2. The molecule has 0 saturated carbocycles. The van der Waals surface area contributed by atoms with E-state index in [-0.39, 0.29) is 40.8 Å². The summed E-state index contributed by atoms with van der Waals surface area (Å²) in [6.45, 7) is -0.00804. The smallest absolute Gasteiger partial charge is 0.236 e. The van der Waals surface area contributed by atoms with Crippen molar-refractivity contribution in [2.45, 2.75) is 6.42 Å². The lowest BCUT2D eigenvalue weighted by Crippen LogP contribution is -2.26. The summed E-state index contributed by atoms with van der Waals surface area (Å²) in [6.07, 6.45) is 1.18. The third kappa shape index (κ3) is 1.93. The lowest BCUT2D eigenvalue weighted by molar-refractivity contribution is -0.121. The molecule has 1 aliphatic rings. The summed E-state index contributed by atoms with van der Waals surface area (Å²) < 4.78 is 0. The highest BCUT2D eigenvalue weighted by atomic mass is 35.5. The van der Waals surface area contributed by atoms with Crippen LogP contribution in [0, 0.1) is 0 Å². The van der Waals surface area contributed by atoms with Gasteiger partial charge in [0.2, 0.25) is 11.2 Å². The van der Waals surface area contributed by atoms with Crippen molar-refractivity contribution in [1.82, 2.24) is 9.97 Å². The van der Waals surface area contributed by atoms with Crippen molar-refractivity contribution in [3.8, 4) is 0 Å². The van der Waals surface area contributed by atoms with Crippen LogP contribution in [0.2, 0.25) is 10.3 Å². The van der Waals surface area contributed by atoms with Crippen LogP contribution in [0.25, 0.3) is 0 Å². The van der Waals surface area contributed by atoms with Crippen LogP contribution < -0.4 is 4.90 Å². The zero-order valence-electron chi connectivity index (χ0n) is 7.41. The van der Waals surface area contributed by atoms with E-state index >= 15 is 0 Å². The van der Waals surface area contributed by atoms with Gasteiger partial charge in [-0.2, -0.15) is 4.98 Å². The molecule has 78 valence electrons. The second kappa shape index (κ2) is 3.75. The Hall–Kier alpha value is -1.20. The van der Waals surface area contributed by atoms with Crippen LogP contribution in [0.15, 0.2) is 6.20 Å². The van der Waals surface area contributed by atoms with Gasteiger partial charge in [-0.05, 0) is 11.6 Å². The molecule has 0 radical (unpaired) electrons. The lowest BCUT2D eigenvalue weighted by Gasteiger charge is -2.14. The SMILES string of the molecule is O=C1CC(=O)N(c2nc(Cl)ncc2Cl)C1. The minimum Gasteiger partial charge on any atom is -0.297 e. The average Bonchev–Trinajstić information content (AvgIpc) is 2.50. The van der Waals surface area contributed by atoms with Gasteiger partial charge in [0.15, 0.2) is 11.6 Å². The highest BCUT2D eigenvalue weighted by Crippen LogP contribution is 2.26. The molecule has 2 rings (SSSR count).